The molecule has 0 aliphatic heterocycles. The molecule has 1 amide bonds. The lowest BCUT2D eigenvalue weighted by atomic mass is 9.99. The maximum atomic E-state index is 12.8. The average Bonchev–Trinajstić information content (AvgIpc) is 3.26. The molecule has 0 fully saturated rings. The fourth-order valence-electron chi connectivity index (χ4n) is 3.32. The van der Waals surface area contributed by atoms with Gasteiger partial charge in [0.05, 0.1) is 11.3 Å². The molecule has 6 nitrogen and oxygen atoms in total. The van der Waals surface area contributed by atoms with Gasteiger partial charge in [0.25, 0.3) is 5.91 Å². The summed E-state index contributed by atoms with van der Waals surface area (Å²) in [7, 11) is 0. The Bertz CT molecular complexity index is 1270. The topological polar surface area (TPSA) is 80.4 Å². The molecule has 0 aliphatic rings. The lowest BCUT2D eigenvalue weighted by Crippen LogP contribution is -2.23. The second-order valence-electron chi connectivity index (χ2n) is 8.39. The molecular weight excluding hydrogens is 404 g/mol. The highest BCUT2D eigenvalue weighted by molar-refractivity contribution is 6.09. The van der Waals surface area contributed by atoms with E-state index in [1.807, 2.05) is 42.6 Å². The number of amides is 1. The molecule has 6 heteroatoms. The number of rotatable bonds is 5. The van der Waals surface area contributed by atoms with Crippen LogP contribution in [0, 0.1) is 0 Å². The van der Waals surface area contributed by atoms with Crippen molar-refractivity contribution in [2.45, 2.75) is 26.4 Å². The second kappa shape index (κ2) is 8.69. The fraction of sp³-hybridized carbons (Fsp3) is 0.154. The van der Waals surface area contributed by atoms with Crippen molar-refractivity contribution < 1.29 is 19.4 Å². The van der Waals surface area contributed by atoms with E-state index in [0.29, 0.717) is 11.3 Å². The van der Waals surface area contributed by atoms with Crippen LogP contribution in [0.2, 0.25) is 0 Å². The highest BCUT2D eigenvalue weighted by Gasteiger charge is 2.21. The van der Waals surface area contributed by atoms with E-state index >= 15 is 0 Å². The molecule has 162 valence electrons. The van der Waals surface area contributed by atoms with Gasteiger partial charge in [0.1, 0.15) is 5.60 Å². The number of benzene rings is 3. The minimum absolute atomic E-state index is 0.198. The molecule has 0 unspecified atom stereocenters. The summed E-state index contributed by atoms with van der Waals surface area (Å²) in [5.41, 5.74) is 3.19. The second-order valence-corrected chi connectivity index (χ2v) is 8.39. The number of nitrogens with one attached hydrogen (secondary N) is 2. The Morgan fingerprint density at radius 2 is 1.69 bits per heavy atom. The predicted octanol–water partition coefficient (Wildman–Crippen LogP) is 5.97. The maximum Gasteiger partial charge on any atom is 0.375 e. The molecule has 3 aromatic carbocycles. The van der Waals surface area contributed by atoms with Gasteiger partial charge in [0, 0.05) is 22.7 Å². The van der Waals surface area contributed by atoms with Gasteiger partial charge in [-0.25, -0.2) is 4.79 Å². The Morgan fingerprint density at radius 3 is 2.44 bits per heavy atom. The van der Waals surface area contributed by atoms with Crippen molar-refractivity contribution in [2.75, 3.05) is 5.32 Å². The quantitative estimate of drug-likeness (QED) is 0.303. The number of fused-ring (bicyclic) bond motifs is 1. The minimum atomic E-state index is -0.685. The van der Waals surface area contributed by atoms with Gasteiger partial charge in [-0.2, -0.15) is 4.89 Å². The number of carbonyl (C=O) groups is 2. The van der Waals surface area contributed by atoms with Crippen LogP contribution in [0.3, 0.4) is 0 Å². The van der Waals surface area contributed by atoms with Crippen LogP contribution in [0.15, 0.2) is 79.0 Å². The van der Waals surface area contributed by atoms with Gasteiger partial charge in [0.2, 0.25) is 0 Å². The highest BCUT2D eigenvalue weighted by atomic mass is 17.2. The summed E-state index contributed by atoms with van der Waals surface area (Å²) in [6, 6.07) is 22.0. The molecule has 0 radical (unpaired) electrons. The van der Waals surface area contributed by atoms with Crippen LogP contribution in [0.5, 0.6) is 0 Å². The van der Waals surface area contributed by atoms with Crippen molar-refractivity contribution in [1.82, 2.24) is 4.98 Å². The first-order valence-corrected chi connectivity index (χ1v) is 10.3. The summed E-state index contributed by atoms with van der Waals surface area (Å²) < 4.78 is 0. The molecule has 0 saturated heterocycles. The van der Waals surface area contributed by atoms with Gasteiger partial charge in [-0.05, 0) is 68.3 Å². The summed E-state index contributed by atoms with van der Waals surface area (Å²) in [4.78, 5) is 39.0. The summed E-state index contributed by atoms with van der Waals surface area (Å²) in [5.74, 6) is -1.01. The fourth-order valence-corrected chi connectivity index (χ4v) is 3.32. The number of hydrogen-bond acceptors (Lipinski definition) is 4. The number of H-pyrrole nitrogens is 1. The first-order valence-electron chi connectivity index (χ1n) is 10.3. The van der Waals surface area contributed by atoms with Gasteiger partial charge in [-0.3, -0.25) is 9.68 Å². The summed E-state index contributed by atoms with van der Waals surface area (Å²) in [5, 5.41) is 3.89. The third-order valence-electron chi connectivity index (χ3n) is 4.80. The first kappa shape index (κ1) is 21.3. The standard InChI is InChI=1S/C26H24N2O4/c1-26(2,3)32-31-25(30)21-13-12-18(19-10-7-11-22-20(19)14-15-27-22)16-23(21)28-24(29)17-8-5-4-6-9-17/h4-16,27H,1-3H3,(H,28,29). The zero-order chi connectivity index (χ0) is 22.7. The maximum absolute atomic E-state index is 12.8. The molecule has 0 saturated carbocycles. The number of carbonyl (C=O) groups excluding carboxylic acids is 2. The van der Waals surface area contributed by atoms with Crippen LogP contribution in [0.4, 0.5) is 5.69 Å². The molecule has 32 heavy (non-hydrogen) atoms. The van der Waals surface area contributed by atoms with Gasteiger partial charge >= 0.3 is 5.97 Å². The van der Waals surface area contributed by atoms with E-state index in [1.165, 1.54) is 0 Å². The first-order chi connectivity index (χ1) is 15.3. The van der Waals surface area contributed by atoms with Gasteiger partial charge in [-0.1, -0.05) is 36.4 Å². The van der Waals surface area contributed by atoms with E-state index in [-0.39, 0.29) is 11.5 Å². The van der Waals surface area contributed by atoms with E-state index < -0.39 is 11.6 Å². The predicted molar refractivity (Wildman–Crippen MR) is 124 cm³/mol. The molecule has 0 aliphatic carbocycles. The van der Waals surface area contributed by atoms with Crippen LogP contribution >= 0.6 is 0 Å². The van der Waals surface area contributed by atoms with E-state index in [2.05, 4.69) is 10.3 Å². The lowest BCUT2D eigenvalue weighted by molar-refractivity contribution is -0.301. The van der Waals surface area contributed by atoms with E-state index in [0.717, 1.165) is 22.0 Å². The van der Waals surface area contributed by atoms with Crippen molar-refractivity contribution in [3.8, 4) is 11.1 Å². The SMILES string of the molecule is CC(C)(C)OOC(=O)c1ccc(-c2cccc3[nH]ccc23)cc1NC(=O)c1ccccc1. The molecular formula is C26H24N2O4. The number of aromatic nitrogens is 1. The Morgan fingerprint density at radius 1 is 0.906 bits per heavy atom. The molecule has 4 aromatic rings. The molecule has 0 spiro atoms. The van der Waals surface area contributed by atoms with Crippen molar-refractivity contribution in [2.24, 2.45) is 0 Å². The molecule has 0 atom stereocenters. The number of hydrogen-bond donors (Lipinski definition) is 2. The molecule has 0 bridgehead atoms. The summed E-state index contributed by atoms with van der Waals surface area (Å²) >= 11 is 0. The third-order valence-corrected chi connectivity index (χ3v) is 4.80. The summed E-state index contributed by atoms with van der Waals surface area (Å²) in [6.45, 7) is 5.33. The normalized spacial score (nSPS) is 11.3. The van der Waals surface area contributed by atoms with E-state index in [1.54, 1.807) is 57.2 Å². The molecule has 4 rings (SSSR count). The number of anilines is 1. The van der Waals surface area contributed by atoms with E-state index in [9.17, 15) is 9.59 Å². The lowest BCUT2D eigenvalue weighted by Gasteiger charge is -2.18. The Kier molecular flexibility index (Phi) is 5.79. The van der Waals surface area contributed by atoms with Crippen molar-refractivity contribution in [3.05, 3.63) is 90.1 Å². The van der Waals surface area contributed by atoms with Crippen molar-refractivity contribution in [1.29, 1.82) is 0 Å². The molecule has 1 aromatic heterocycles. The highest BCUT2D eigenvalue weighted by Crippen LogP contribution is 2.32. The Labute approximate surface area is 186 Å². The smallest absolute Gasteiger partial charge is 0.361 e. The number of aromatic amines is 1. The van der Waals surface area contributed by atoms with Crippen LogP contribution in [0.25, 0.3) is 22.0 Å². The Balaban J connectivity index is 1.73. The van der Waals surface area contributed by atoms with E-state index in [4.69, 9.17) is 9.78 Å². The zero-order valence-corrected chi connectivity index (χ0v) is 18.1. The Hall–Kier alpha value is -3.90. The average molecular weight is 428 g/mol. The largest absolute Gasteiger partial charge is 0.375 e. The van der Waals surface area contributed by atoms with Crippen LogP contribution in [-0.2, 0) is 9.78 Å². The molecule has 1 heterocycles. The van der Waals surface area contributed by atoms with Gasteiger partial charge in [0.15, 0.2) is 0 Å². The van der Waals surface area contributed by atoms with Gasteiger partial charge < -0.3 is 10.3 Å². The van der Waals surface area contributed by atoms with Crippen molar-refractivity contribution >= 4 is 28.5 Å². The van der Waals surface area contributed by atoms with Gasteiger partial charge in [-0.15, -0.1) is 0 Å². The molecule has 2 N–H and O–H groups in total. The monoisotopic (exact) mass is 428 g/mol. The van der Waals surface area contributed by atoms with Crippen LogP contribution in [0.1, 0.15) is 41.5 Å². The zero-order valence-electron chi connectivity index (χ0n) is 18.1. The summed E-state index contributed by atoms with van der Waals surface area (Å²) in [6.07, 6.45) is 1.88. The van der Waals surface area contributed by atoms with Crippen LogP contribution in [-0.4, -0.2) is 22.5 Å². The van der Waals surface area contributed by atoms with Crippen LogP contribution < -0.4 is 5.32 Å². The van der Waals surface area contributed by atoms with Crippen molar-refractivity contribution in [3.63, 3.8) is 0 Å². The third kappa shape index (κ3) is 4.71. The minimum Gasteiger partial charge on any atom is -0.361 e.